The molecule has 0 spiro atoms. The molecule has 1 aromatic heterocycles. The second-order valence-corrected chi connectivity index (χ2v) is 6.24. The molecular formula is C16H22BrN3. The molecule has 1 aromatic carbocycles. The molecule has 1 heterocycles. The van der Waals surface area contributed by atoms with E-state index in [-0.39, 0.29) is 12.1 Å². The van der Waals surface area contributed by atoms with Gasteiger partial charge >= 0.3 is 0 Å². The molecule has 2 rings (SSSR count). The van der Waals surface area contributed by atoms with E-state index in [0.29, 0.717) is 5.92 Å². The van der Waals surface area contributed by atoms with Crippen LogP contribution < -0.4 is 5.73 Å². The standard InChI is InChI=1S/C16H22BrN3/c1-4-14(18)15(12-7-5-6-8-13(12)17)20-10-9-19-16(20)11(2)3/h5-11,14-15H,4,18H2,1-3H3. The normalized spacial score (nSPS) is 14.5. The largest absolute Gasteiger partial charge is 0.326 e. The summed E-state index contributed by atoms with van der Waals surface area (Å²) in [4.78, 5) is 4.50. The van der Waals surface area contributed by atoms with Gasteiger partial charge in [0.15, 0.2) is 0 Å². The van der Waals surface area contributed by atoms with Crippen molar-refractivity contribution in [2.75, 3.05) is 0 Å². The Bertz CT molecular complexity index is 562. The van der Waals surface area contributed by atoms with E-state index in [1.807, 2.05) is 18.5 Å². The topological polar surface area (TPSA) is 43.8 Å². The Morgan fingerprint density at radius 3 is 2.60 bits per heavy atom. The van der Waals surface area contributed by atoms with Crippen molar-refractivity contribution in [3.63, 3.8) is 0 Å². The van der Waals surface area contributed by atoms with Gasteiger partial charge in [0.2, 0.25) is 0 Å². The van der Waals surface area contributed by atoms with Crippen molar-refractivity contribution in [1.82, 2.24) is 9.55 Å². The van der Waals surface area contributed by atoms with Gasteiger partial charge < -0.3 is 10.3 Å². The Hall–Kier alpha value is -1.13. The number of rotatable bonds is 5. The molecule has 0 saturated heterocycles. The van der Waals surface area contributed by atoms with Gasteiger partial charge in [0, 0.05) is 28.8 Å². The molecule has 0 aliphatic rings. The highest BCUT2D eigenvalue weighted by Gasteiger charge is 2.25. The van der Waals surface area contributed by atoms with Crippen LogP contribution in [0, 0.1) is 0 Å². The molecule has 3 nitrogen and oxygen atoms in total. The van der Waals surface area contributed by atoms with Crippen molar-refractivity contribution >= 4 is 15.9 Å². The fraction of sp³-hybridized carbons (Fsp3) is 0.438. The molecule has 20 heavy (non-hydrogen) atoms. The van der Waals surface area contributed by atoms with Gasteiger partial charge in [-0.2, -0.15) is 0 Å². The summed E-state index contributed by atoms with van der Waals surface area (Å²) in [5, 5.41) is 0. The summed E-state index contributed by atoms with van der Waals surface area (Å²) in [6, 6.07) is 8.45. The predicted molar refractivity (Wildman–Crippen MR) is 86.9 cm³/mol. The lowest BCUT2D eigenvalue weighted by Gasteiger charge is -2.28. The summed E-state index contributed by atoms with van der Waals surface area (Å²) in [6.07, 6.45) is 4.82. The van der Waals surface area contributed by atoms with Crippen LogP contribution in [0.25, 0.3) is 0 Å². The first kappa shape index (κ1) is 15.3. The van der Waals surface area contributed by atoms with Crippen LogP contribution in [0.2, 0.25) is 0 Å². The molecule has 108 valence electrons. The van der Waals surface area contributed by atoms with Gasteiger partial charge in [0.05, 0.1) is 6.04 Å². The van der Waals surface area contributed by atoms with E-state index in [2.05, 4.69) is 64.5 Å². The Morgan fingerprint density at radius 1 is 1.30 bits per heavy atom. The lowest BCUT2D eigenvalue weighted by atomic mass is 9.97. The number of nitrogens with two attached hydrogens (primary N) is 1. The number of aromatic nitrogens is 2. The van der Waals surface area contributed by atoms with Crippen LogP contribution >= 0.6 is 15.9 Å². The average Bonchev–Trinajstić information content (AvgIpc) is 2.90. The third kappa shape index (κ3) is 2.96. The van der Waals surface area contributed by atoms with Gasteiger partial charge in [0.25, 0.3) is 0 Å². The fourth-order valence-corrected chi connectivity index (χ4v) is 3.05. The zero-order valence-corrected chi connectivity index (χ0v) is 13.8. The molecule has 0 aliphatic heterocycles. The quantitative estimate of drug-likeness (QED) is 0.893. The summed E-state index contributed by atoms with van der Waals surface area (Å²) in [5.74, 6) is 1.45. The second kappa shape index (κ2) is 6.55. The predicted octanol–water partition coefficient (Wildman–Crippen LogP) is 4.10. The molecule has 0 aliphatic carbocycles. The first-order chi connectivity index (χ1) is 9.56. The summed E-state index contributed by atoms with van der Waals surface area (Å²) in [7, 11) is 0. The van der Waals surface area contributed by atoms with Gasteiger partial charge in [-0.1, -0.05) is 54.9 Å². The summed E-state index contributed by atoms with van der Waals surface area (Å²) >= 11 is 3.65. The van der Waals surface area contributed by atoms with Crippen molar-refractivity contribution in [2.45, 2.75) is 45.2 Å². The van der Waals surface area contributed by atoms with Crippen molar-refractivity contribution in [3.05, 3.63) is 52.5 Å². The van der Waals surface area contributed by atoms with Crippen LogP contribution in [0.5, 0.6) is 0 Å². The minimum Gasteiger partial charge on any atom is -0.326 e. The van der Waals surface area contributed by atoms with Crippen molar-refractivity contribution in [3.8, 4) is 0 Å². The summed E-state index contributed by atoms with van der Waals surface area (Å²) in [6.45, 7) is 6.45. The molecular weight excluding hydrogens is 314 g/mol. The number of halogens is 1. The van der Waals surface area contributed by atoms with E-state index in [1.165, 1.54) is 5.56 Å². The SMILES string of the molecule is CCC(N)C(c1ccccc1Br)n1ccnc1C(C)C. The smallest absolute Gasteiger partial charge is 0.111 e. The summed E-state index contributed by atoms with van der Waals surface area (Å²) < 4.78 is 3.32. The number of imidazole rings is 1. The molecule has 0 fully saturated rings. The maximum absolute atomic E-state index is 6.41. The molecule has 0 bridgehead atoms. The van der Waals surface area contributed by atoms with Gasteiger partial charge in [-0.3, -0.25) is 0 Å². The van der Waals surface area contributed by atoms with E-state index in [1.54, 1.807) is 0 Å². The Labute approximate surface area is 129 Å². The van der Waals surface area contributed by atoms with E-state index < -0.39 is 0 Å². The minimum absolute atomic E-state index is 0.0559. The number of nitrogens with zero attached hydrogens (tertiary/aromatic N) is 2. The third-order valence-corrected chi connectivity index (χ3v) is 4.34. The maximum atomic E-state index is 6.41. The molecule has 2 N–H and O–H groups in total. The molecule has 2 atom stereocenters. The fourth-order valence-electron chi connectivity index (χ4n) is 2.53. The molecule has 0 radical (unpaired) electrons. The third-order valence-electron chi connectivity index (χ3n) is 3.62. The van der Waals surface area contributed by atoms with Crippen LogP contribution in [-0.4, -0.2) is 15.6 Å². The van der Waals surface area contributed by atoms with E-state index in [4.69, 9.17) is 5.73 Å². The number of hydrogen-bond donors (Lipinski definition) is 1. The lowest BCUT2D eigenvalue weighted by Crippen LogP contribution is -2.33. The van der Waals surface area contributed by atoms with E-state index in [0.717, 1.165) is 16.7 Å². The van der Waals surface area contributed by atoms with Crippen molar-refractivity contribution in [2.24, 2.45) is 5.73 Å². The van der Waals surface area contributed by atoms with Crippen LogP contribution in [0.1, 0.15) is 50.5 Å². The van der Waals surface area contributed by atoms with Crippen LogP contribution in [-0.2, 0) is 0 Å². The molecule has 2 aromatic rings. The van der Waals surface area contributed by atoms with Gasteiger partial charge in [0.1, 0.15) is 5.82 Å². The van der Waals surface area contributed by atoms with Gasteiger partial charge in [-0.15, -0.1) is 0 Å². The molecule has 0 saturated carbocycles. The van der Waals surface area contributed by atoms with Crippen LogP contribution in [0.4, 0.5) is 0 Å². The molecule has 2 unspecified atom stereocenters. The Morgan fingerprint density at radius 2 is 2.00 bits per heavy atom. The molecule has 0 amide bonds. The zero-order valence-electron chi connectivity index (χ0n) is 12.3. The average molecular weight is 336 g/mol. The van der Waals surface area contributed by atoms with Gasteiger partial charge in [-0.25, -0.2) is 4.98 Å². The highest BCUT2D eigenvalue weighted by atomic mass is 79.9. The van der Waals surface area contributed by atoms with Gasteiger partial charge in [-0.05, 0) is 18.1 Å². The highest BCUT2D eigenvalue weighted by molar-refractivity contribution is 9.10. The second-order valence-electron chi connectivity index (χ2n) is 5.39. The first-order valence-corrected chi connectivity index (χ1v) is 7.88. The number of hydrogen-bond acceptors (Lipinski definition) is 2. The Balaban J connectivity index is 2.54. The zero-order chi connectivity index (χ0) is 14.7. The highest BCUT2D eigenvalue weighted by Crippen LogP contribution is 2.31. The van der Waals surface area contributed by atoms with Crippen molar-refractivity contribution in [1.29, 1.82) is 0 Å². The number of benzene rings is 1. The van der Waals surface area contributed by atoms with E-state index in [9.17, 15) is 0 Å². The molecule has 4 heteroatoms. The first-order valence-electron chi connectivity index (χ1n) is 7.09. The van der Waals surface area contributed by atoms with Crippen molar-refractivity contribution < 1.29 is 0 Å². The van der Waals surface area contributed by atoms with Crippen LogP contribution in [0.15, 0.2) is 41.1 Å². The monoisotopic (exact) mass is 335 g/mol. The lowest BCUT2D eigenvalue weighted by molar-refractivity contribution is 0.438. The van der Waals surface area contributed by atoms with Crippen LogP contribution in [0.3, 0.4) is 0 Å². The Kier molecular flexibility index (Phi) is 5.00. The van der Waals surface area contributed by atoms with E-state index >= 15 is 0 Å². The summed E-state index contributed by atoms with van der Waals surface area (Å²) in [5.41, 5.74) is 7.62. The maximum Gasteiger partial charge on any atom is 0.111 e. The minimum atomic E-state index is 0.0559.